The molecule has 0 aromatic carbocycles. The number of hydrogen-bond donors (Lipinski definition) is 3. The topological polar surface area (TPSA) is 58.3 Å². The highest BCUT2D eigenvalue weighted by Gasteiger charge is 1.95. The largest absolute Gasteiger partial charge is 0.377 e. The first-order valence-corrected chi connectivity index (χ1v) is 2.95. The van der Waals surface area contributed by atoms with Crippen LogP contribution < -0.4 is 11.3 Å². The van der Waals surface area contributed by atoms with Gasteiger partial charge in [0.25, 0.3) is 0 Å². The van der Waals surface area contributed by atoms with Crippen molar-refractivity contribution in [1.29, 1.82) is 0 Å². The second-order valence-electron chi connectivity index (χ2n) is 1.82. The third-order valence-corrected chi connectivity index (χ3v) is 1.02. The van der Waals surface area contributed by atoms with Crippen molar-refractivity contribution in [2.75, 3.05) is 0 Å². The number of aliphatic hydroxyl groups excluding tert-OH is 1. The zero-order chi connectivity index (χ0) is 6.41. The third kappa shape index (κ3) is 4.05. The number of rotatable bonds is 4. The smallest absolute Gasteiger partial charge is 0.116 e. The molecule has 0 aromatic rings. The standard InChI is InChI=1S/C5H14N2O/c1-2-3-4-5(8)7-6/h5,7-8H,2-4,6H2,1H3/t5-/m1/s1. The molecule has 0 saturated heterocycles. The Morgan fingerprint density at radius 3 is 2.75 bits per heavy atom. The summed E-state index contributed by atoms with van der Waals surface area (Å²) < 4.78 is 0. The summed E-state index contributed by atoms with van der Waals surface area (Å²) in [7, 11) is 0. The van der Waals surface area contributed by atoms with Crippen LogP contribution in [0.15, 0.2) is 0 Å². The van der Waals surface area contributed by atoms with Gasteiger partial charge in [0, 0.05) is 0 Å². The molecule has 3 heteroatoms. The van der Waals surface area contributed by atoms with Crippen molar-refractivity contribution in [2.24, 2.45) is 5.84 Å². The normalized spacial score (nSPS) is 13.9. The van der Waals surface area contributed by atoms with Crippen LogP contribution in [0.25, 0.3) is 0 Å². The molecule has 0 rings (SSSR count). The van der Waals surface area contributed by atoms with Crippen molar-refractivity contribution < 1.29 is 5.11 Å². The SMILES string of the molecule is CCCC[C@@H](O)NN. The minimum absolute atomic E-state index is 0.519. The summed E-state index contributed by atoms with van der Waals surface area (Å²) in [5.74, 6) is 4.91. The van der Waals surface area contributed by atoms with Gasteiger partial charge in [0.15, 0.2) is 0 Å². The lowest BCUT2D eigenvalue weighted by Gasteiger charge is -2.05. The number of aliphatic hydroxyl groups is 1. The van der Waals surface area contributed by atoms with Gasteiger partial charge in [-0.25, -0.2) is 5.43 Å². The molecular weight excluding hydrogens is 104 g/mol. The number of hydrogen-bond acceptors (Lipinski definition) is 3. The van der Waals surface area contributed by atoms with E-state index in [0.717, 1.165) is 19.3 Å². The average molecular weight is 118 g/mol. The quantitative estimate of drug-likeness (QED) is 0.276. The Morgan fingerprint density at radius 2 is 2.38 bits per heavy atom. The van der Waals surface area contributed by atoms with Gasteiger partial charge in [0.2, 0.25) is 0 Å². The second-order valence-corrected chi connectivity index (χ2v) is 1.82. The van der Waals surface area contributed by atoms with Crippen molar-refractivity contribution in [3.05, 3.63) is 0 Å². The summed E-state index contributed by atoms with van der Waals surface area (Å²) in [5.41, 5.74) is 2.26. The molecule has 4 N–H and O–H groups in total. The monoisotopic (exact) mass is 118 g/mol. The molecule has 0 amide bonds. The van der Waals surface area contributed by atoms with Crippen LogP contribution in [-0.2, 0) is 0 Å². The van der Waals surface area contributed by atoms with Gasteiger partial charge in [-0.3, -0.25) is 5.84 Å². The van der Waals surface area contributed by atoms with Gasteiger partial charge in [-0.15, -0.1) is 0 Å². The molecule has 0 aliphatic carbocycles. The first-order valence-electron chi connectivity index (χ1n) is 2.95. The van der Waals surface area contributed by atoms with Gasteiger partial charge in [-0.05, 0) is 12.8 Å². The van der Waals surface area contributed by atoms with Crippen LogP contribution in [0.3, 0.4) is 0 Å². The molecule has 0 spiro atoms. The summed E-state index contributed by atoms with van der Waals surface area (Å²) in [4.78, 5) is 0. The van der Waals surface area contributed by atoms with Crippen LogP contribution in [0.5, 0.6) is 0 Å². The van der Waals surface area contributed by atoms with E-state index in [2.05, 4.69) is 12.3 Å². The molecule has 0 aliphatic heterocycles. The fraction of sp³-hybridized carbons (Fsp3) is 1.00. The Hall–Kier alpha value is -0.120. The number of hydrazine groups is 1. The van der Waals surface area contributed by atoms with Crippen LogP contribution in [0.1, 0.15) is 26.2 Å². The first kappa shape index (κ1) is 7.88. The molecule has 0 radical (unpaired) electrons. The number of nitrogens with two attached hydrogens (primary N) is 1. The Labute approximate surface area is 49.9 Å². The zero-order valence-corrected chi connectivity index (χ0v) is 5.22. The molecule has 1 atom stereocenters. The second kappa shape index (κ2) is 5.03. The van der Waals surface area contributed by atoms with Crippen molar-refractivity contribution in [3.8, 4) is 0 Å². The van der Waals surface area contributed by atoms with Crippen molar-refractivity contribution in [3.63, 3.8) is 0 Å². The van der Waals surface area contributed by atoms with E-state index < -0.39 is 6.23 Å². The summed E-state index contributed by atoms with van der Waals surface area (Å²) >= 11 is 0. The summed E-state index contributed by atoms with van der Waals surface area (Å²) in [6.45, 7) is 2.07. The highest BCUT2D eigenvalue weighted by atomic mass is 16.3. The minimum Gasteiger partial charge on any atom is -0.377 e. The molecule has 0 fully saturated rings. The van der Waals surface area contributed by atoms with Gasteiger partial charge in [-0.2, -0.15) is 0 Å². The maximum absolute atomic E-state index is 8.75. The van der Waals surface area contributed by atoms with E-state index in [9.17, 15) is 0 Å². The third-order valence-electron chi connectivity index (χ3n) is 1.02. The molecule has 3 nitrogen and oxygen atoms in total. The number of unbranched alkanes of at least 4 members (excludes halogenated alkanes) is 1. The summed E-state index contributed by atoms with van der Waals surface area (Å²) in [5, 5.41) is 8.75. The Morgan fingerprint density at radius 1 is 1.75 bits per heavy atom. The lowest BCUT2D eigenvalue weighted by atomic mass is 10.2. The molecule has 0 heterocycles. The van der Waals surface area contributed by atoms with E-state index in [-0.39, 0.29) is 0 Å². The van der Waals surface area contributed by atoms with Crippen molar-refractivity contribution >= 4 is 0 Å². The van der Waals surface area contributed by atoms with E-state index in [4.69, 9.17) is 10.9 Å². The highest BCUT2D eigenvalue weighted by molar-refractivity contribution is 4.45. The van der Waals surface area contributed by atoms with Crippen LogP contribution in [-0.4, -0.2) is 11.3 Å². The summed E-state index contributed by atoms with van der Waals surface area (Å²) in [6.07, 6.45) is 2.34. The molecule has 0 aromatic heterocycles. The first-order chi connectivity index (χ1) is 3.81. The highest BCUT2D eigenvalue weighted by Crippen LogP contribution is 1.95. The Bertz CT molecular complexity index is 49.7. The summed E-state index contributed by atoms with van der Waals surface area (Å²) in [6, 6.07) is 0. The predicted molar refractivity (Wildman–Crippen MR) is 32.9 cm³/mol. The molecule has 0 saturated carbocycles. The van der Waals surface area contributed by atoms with Gasteiger partial charge in [-0.1, -0.05) is 13.3 Å². The molecule has 0 unspecified atom stereocenters. The maximum atomic E-state index is 8.75. The fourth-order valence-electron chi connectivity index (χ4n) is 0.481. The van der Waals surface area contributed by atoms with E-state index in [1.165, 1.54) is 0 Å². The van der Waals surface area contributed by atoms with E-state index >= 15 is 0 Å². The Kier molecular flexibility index (Phi) is 4.95. The molecule has 50 valence electrons. The van der Waals surface area contributed by atoms with Crippen LogP contribution in [0.2, 0.25) is 0 Å². The fourth-order valence-corrected chi connectivity index (χ4v) is 0.481. The van der Waals surface area contributed by atoms with Gasteiger partial charge >= 0.3 is 0 Å². The van der Waals surface area contributed by atoms with Gasteiger partial charge in [0.1, 0.15) is 6.23 Å². The number of nitrogens with one attached hydrogen (secondary N) is 1. The zero-order valence-electron chi connectivity index (χ0n) is 5.22. The lowest BCUT2D eigenvalue weighted by molar-refractivity contribution is 0.126. The van der Waals surface area contributed by atoms with E-state index in [1.807, 2.05) is 0 Å². The molecular formula is C5H14N2O. The lowest BCUT2D eigenvalue weighted by Crippen LogP contribution is -2.34. The molecule has 8 heavy (non-hydrogen) atoms. The van der Waals surface area contributed by atoms with Crippen LogP contribution in [0.4, 0.5) is 0 Å². The van der Waals surface area contributed by atoms with Crippen LogP contribution >= 0.6 is 0 Å². The Balaban J connectivity index is 2.86. The minimum atomic E-state index is -0.519. The van der Waals surface area contributed by atoms with Crippen molar-refractivity contribution in [1.82, 2.24) is 5.43 Å². The van der Waals surface area contributed by atoms with E-state index in [0.29, 0.717) is 0 Å². The maximum Gasteiger partial charge on any atom is 0.116 e. The molecule has 0 bridgehead atoms. The average Bonchev–Trinajstić information content (AvgIpc) is 1.83. The predicted octanol–water partition coefficient (Wildman–Crippen LogP) is -0.0417. The van der Waals surface area contributed by atoms with Crippen LogP contribution in [0, 0.1) is 0 Å². The van der Waals surface area contributed by atoms with Crippen molar-refractivity contribution in [2.45, 2.75) is 32.4 Å². The van der Waals surface area contributed by atoms with Gasteiger partial charge in [0.05, 0.1) is 0 Å². The van der Waals surface area contributed by atoms with E-state index in [1.54, 1.807) is 0 Å². The van der Waals surface area contributed by atoms with Gasteiger partial charge < -0.3 is 5.11 Å². The molecule has 0 aliphatic rings.